The van der Waals surface area contributed by atoms with Crippen molar-refractivity contribution in [2.24, 2.45) is 5.14 Å². The number of benzene rings is 3. The Balaban J connectivity index is 1.65. The molecule has 3 aromatic rings. The molecule has 182 valence electrons. The van der Waals surface area contributed by atoms with Crippen LogP contribution in [-0.4, -0.2) is 32.8 Å². The number of nitrogens with one attached hydrogen (secondary N) is 2. The molecule has 0 aliphatic rings. The van der Waals surface area contributed by atoms with Gasteiger partial charge < -0.3 is 15.4 Å². The van der Waals surface area contributed by atoms with Gasteiger partial charge in [-0.3, -0.25) is 9.59 Å². The van der Waals surface area contributed by atoms with Crippen molar-refractivity contribution < 1.29 is 31.9 Å². The number of halogens is 1. The molecular weight excluding hydrogens is 477 g/mol. The van der Waals surface area contributed by atoms with Crippen molar-refractivity contribution in [1.82, 2.24) is 5.32 Å². The molecule has 4 N–H and O–H groups in total. The van der Waals surface area contributed by atoms with E-state index in [1.54, 1.807) is 12.1 Å². The smallest absolute Gasteiger partial charge is 0.341 e. The number of nitrogens with two attached hydrogens (primary N) is 1. The highest BCUT2D eigenvalue weighted by Gasteiger charge is 2.20. The molecule has 3 rings (SSSR count). The topological polar surface area (TPSA) is 145 Å². The lowest BCUT2D eigenvalue weighted by atomic mass is 10.1. The van der Waals surface area contributed by atoms with Crippen LogP contribution in [0.5, 0.6) is 0 Å². The first-order valence-corrected chi connectivity index (χ1v) is 11.8. The predicted molar refractivity (Wildman–Crippen MR) is 125 cm³/mol. The standard InChI is InChI=1S/C24H22FN3O6S/c1-15(16-7-3-2-4-8-16)27-23(30)18-9-5-6-10-21(18)28-22(29)14-34-24(31)19-13-17(35(26,32)33)11-12-20(19)25/h2-13,15H,14H2,1H3,(H,27,30)(H,28,29)(H2,26,32,33). The van der Waals surface area contributed by atoms with E-state index in [1.165, 1.54) is 12.1 Å². The van der Waals surface area contributed by atoms with Crippen molar-refractivity contribution in [2.45, 2.75) is 17.9 Å². The molecule has 2 amide bonds. The van der Waals surface area contributed by atoms with Crippen LogP contribution in [0.2, 0.25) is 0 Å². The Kier molecular flexibility index (Phi) is 7.94. The number of ether oxygens (including phenoxy) is 1. The minimum Gasteiger partial charge on any atom is -0.452 e. The van der Waals surface area contributed by atoms with Crippen molar-refractivity contribution in [3.05, 3.63) is 95.3 Å². The van der Waals surface area contributed by atoms with Crippen LogP contribution in [0.25, 0.3) is 0 Å². The molecule has 0 heterocycles. The van der Waals surface area contributed by atoms with Crippen molar-refractivity contribution >= 4 is 33.5 Å². The Bertz CT molecular complexity index is 1360. The SMILES string of the molecule is CC(NC(=O)c1ccccc1NC(=O)COC(=O)c1cc(S(N)(=O)=O)ccc1F)c1ccccc1. The third-order valence-electron chi connectivity index (χ3n) is 4.91. The molecule has 0 radical (unpaired) electrons. The minimum atomic E-state index is -4.18. The van der Waals surface area contributed by atoms with Gasteiger partial charge in [0.15, 0.2) is 6.61 Å². The molecule has 1 atom stereocenters. The van der Waals surface area contributed by atoms with E-state index >= 15 is 0 Å². The highest BCUT2D eigenvalue weighted by molar-refractivity contribution is 7.89. The summed E-state index contributed by atoms with van der Waals surface area (Å²) in [5, 5.41) is 10.3. The van der Waals surface area contributed by atoms with Gasteiger partial charge in [0.1, 0.15) is 5.82 Å². The van der Waals surface area contributed by atoms with E-state index in [1.807, 2.05) is 37.3 Å². The zero-order valence-corrected chi connectivity index (χ0v) is 19.3. The zero-order valence-electron chi connectivity index (χ0n) is 18.5. The first-order valence-electron chi connectivity index (χ1n) is 10.3. The van der Waals surface area contributed by atoms with E-state index < -0.39 is 50.7 Å². The van der Waals surface area contributed by atoms with Gasteiger partial charge in [0.2, 0.25) is 10.0 Å². The highest BCUT2D eigenvalue weighted by Crippen LogP contribution is 2.19. The maximum atomic E-state index is 14.0. The van der Waals surface area contributed by atoms with Gasteiger partial charge in [0.25, 0.3) is 11.8 Å². The number of carbonyl (C=O) groups is 3. The van der Waals surface area contributed by atoms with Gasteiger partial charge in [-0.05, 0) is 42.8 Å². The van der Waals surface area contributed by atoms with Crippen LogP contribution in [0, 0.1) is 5.82 Å². The number of carbonyl (C=O) groups excluding carboxylic acids is 3. The Morgan fingerprint density at radius 2 is 1.63 bits per heavy atom. The normalized spacial score (nSPS) is 11.9. The lowest BCUT2D eigenvalue weighted by Crippen LogP contribution is -2.28. The van der Waals surface area contributed by atoms with Gasteiger partial charge in [-0.25, -0.2) is 22.7 Å². The average molecular weight is 500 g/mol. The monoisotopic (exact) mass is 499 g/mol. The summed E-state index contributed by atoms with van der Waals surface area (Å²) in [7, 11) is -4.18. The number of sulfonamides is 1. The fraction of sp³-hybridized carbons (Fsp3) is 0.125. The van der Waals surface area contributed by atoms with Crippen molar-refractivity contribution in [3.8, 4) is 0 Å². The quantitative estimate of drug-likeness (QED) is 0.407. The van der Waals surface area contributed by atoms with Gasteiger partial charge in [-0.1, -0.05) is 42.5 Å². The van der Waals surface area contributed by atoms with Crippen molar-refractivity contribution in [3.63, 3.8) is 0 Å². The predicted octanol–water partition coefficient (Wildman–Crippen LogP) is 2.76. The number of esters is 1. The Morgan fingerprint density at radius 1 is 0.971 bits per heavy atom. The van der Waals surface area contributed by atoms with Gasteiger partial charge in [0, 0.05) is 0 Å². The third-order valence-corrected chi connectivity index (χ3v) is 5.82. The third kappa shape index (κ3) is 6.71. The van der Waals surface area contributed by atoms with Crippen molar-refractivity contribution in [2.75, 3.05) is 11.9 Å². The van der Waals surface area contributed by atoms with Crippen LogP contribution in [-0.2, 0) is 19.6 Å². The number of hydrogen-bond acceptors (Lipinski definition) is 6. The number of rotatable bonds is 8. The van der Waals surface area contributed by atoms with E-state index in [-0.39, 0.29) is 17.3 Å². The summed E-state index contributed by atoms with van der Waals surface area (Å²) >= 11 is 0. The fourth-order valence-electron chi connectivity index (χ4n) is 3.12. The summed E-state index contributed by atoms with van der Waals surface area (Å²) in [6, 6.07) is 17.6. The van der Waals surface area contributed by atoms with Gasteiger partial charge >= 0.3 is 5.97 Å². The number of hydrogen-bond donors (Lipinski definition) is 3. The molecule has 0 bridgehead atoms. The summed E-state index contributed by atoms with van der Waals surface area (Å²) in [5.74, 6) is -3.53. The Hall–Kier alpha value is -4.09. The van der Waals surface area contributed by atoms with Crippen LogP contribution in [0.1, 0.15) is 39.2 Å². The summed E-state index contributed by atoms with van der Waals surface area (Å²) in [5.41, 5.74) is 0.558. The van der Waals surface area contributed by atoms with Crippen LogP contribution >= 0.6 is 0 Å². The molecule has 0 aliphatic carbocycles. The summed E-state index contributed by atoms with van der Waals surface area (Å²) in [6.07, 6.45) is 0. The molecule has 0 saturated heterocycles. The molecule has 0 spiro atoms. The van der Waals surface area contributed by atoms with E-state index in [4.69, 9.17) is 9.88 Å². The van der Waals surface area contributed by atoms with Crippen LogP contribution in [0.15, 0.2) is 77.7 Å². The van der Waals surface area contributed by atoms with Crippen LogP contribution in [0.3, 0.4) is 0 Å². The second-order valence-corrected chi connectivity index (χ2v) is 9.02. The van der Waals surface area contributed by atoms with Crippen LogP contribution < -0.4 is 15.8 Å². The van der Waals surface area contributed by atoms with E-state index in [2.05, 4.69) is 10.6 Å². The number of anilines is 1. The van der Waals surface area contributed by atoms with E-state index in [9.17, 15) is 27.2 Å². The Labute approximate surface area is 201 Å². The Morgan fingerprint density at radius 3 is 2.31 bits per heavy atom. The first kappa shape index (κ1) is 25.5. The first-order chi connectivity index (χ1) is 16.6. The maximum Gasteiger partial charge on any atom is 0.341 e. The molecule has 1 unspecified atom stereocenters. The zero-order chi connectivity index (χ0) is 25.6. The van der Waals surface area contributed by atoms with Crippen molar-refractivity contribution in [1.29, 1.82) is 0 Å². The van der Waals surface area contributed by atoms with Gasteiger partial charge in [-0.15, -0.1) is 0 Å². The lowest BCUT2D eigenvalue weighted by Gasteiger charge is -2.16. The molecular formula is C24H22FN3O6S. The van der Waals surface area contributed by atoms with E-state index in [0.717, 1.165) is 23.8 Å². The molecule has 0 fully saturated rings. The second-order valence-electron chi connectivity index (χ2n) is 7.46. The summed E-state index contributed by atoms with van der Waals surface area (Å²) in [6.45, 7) is 1.01. The summed E-state index contributed by atoms with van der Waals surface area (Å²) in [4.78, 5) is 36.8. The molecule has 0 aliphatic heterocycles. The molecule has 9 nitrogen and oxygen atoms in total. The average Bonchev–Trinajstić information content (AvgIpc) is 2.83. The number of para-hydroxylation sites is 1. The minimum absolute atomic E-state index is 0.175. The molecule has 11 heteroatoms. The van der Waals surface area contributed by atoms with E-state index in [0.29, 0.717) is 0 Å². The van der Waals surface area contributed by atoms with Gasteiger partial charge in [0.05, 0.1) is 27.8 Å². The lowest BCUT2D eigenvalue weighted by molar-refractivity contribution is -0.119. The van der Waals surface area contributed by atoms with Crippen LogP contribution in [0.4, 0.5) is 10.1 Å². The van der Waals surface area contributed by atoms with Gasteiger partial charge in [-0.2, -0.15) is 0 Å². The number of primary sulfonamides is 1. The molecule has 3 aromatic carbocycles. The fourth-order valence-corrected chi connectivity index (χ4v) is 3.66. The maximum absolute atomic E-state index is 14.0. The molecule has 0 saturated carbocycles. The second kappa shape index (κ2) is 10.9. The summed E-state index contributed by atoms with van der Waals surface area (Å²) < 4.78 is 41.6. The molecule has 0 aromatic heterocycles. The highest BCUT2D eigenvalue weighted by atomic mass is 32.2. The largest absolute Gasteiger partial charge is 0.452 e. The molecule has 35 heavy (non-hydrogen) atoms. The number of amides is 2.